The van der Waals surface area contributed by atoms with Crippen LogP contribution in [-0.4, -0.2) is 0 Å². The van der Waals surface area contributed by atoms with Crippen LogP contribution in [-0.2, 0) is 6.61 Å². The first-order valence-electron chi connectivity index (χ1n) is 6.09. The summed E-state index contributed by atoms with van der Waals surface area (Å²) < 4.78 is 20.0. The summed E-state index contributed by atoms with van der Waals surface area (Å²) in [6.45, 7) is 1.99. The molecule has 1 unspecified atom stereocenters. The Kier molecular flexibility index (Phi) is 5.02. The largest absolute Gasteiger partial charge is 0.487 e. The van der Waals surface area contributed by atoms with E-state index in [1.54, 1.807) is 24.3 Å². The molecule has 5 heteroatoms. The van der Waals surface area contributed by atoms with Crippen molar-refractivity contribution >= 4 is 27.5 Å². The Hall–Kier alpha value is -1.10. The van der Waals surface area contributed by atoms with Crippen molar-refractivity contribution in [1.29, 1.82) is 0 Å². The molecule has 20 heavy (non-hydrogen) atoms. The van der Waals surface area contributed by atoms with Gasteiger partial charge in [0.05, 0.1) is 5.02 Å². The Bertz CT molecular complexity index is 619. The first-order valence-corrected chi connectivity index (χ1v) is 7.26. The average molecular weight is 359 g/mol. The second-order valence-corrected chi connectivity index (χ2v) is 5.83. The zero-order valence-electron chi connectivity index (χ0n) is 10.9. The molecule has 2 nitrogen and oxygen atoms in total. The standard InChI is InChI=1S/C15H14BrClFNO/c1-9(19)10-2-5-15(13(17)7-10)20-8-11-6-12(16)3-4-14(11)18/h2-7,9H,8,19H2,1H3. The molecule has 0 spiro atoms. The fourth-order valence-corrected chi connectivity index (χ4v) is 2.38. The summed E-state index contributed by atoms with van der Waals surface area (Å²) in [4.78, 5) is 0. The van der Waals surface area contributed by atoms with E-state index in [0.717, 1.165) is 10.0 Å². The molecule has 2 N–H and O–H groups in total. The van der Waals surface area contributed by atoms with Crippen molar-refractivity contribution in [2.45, 2.75) is 19.6 Å². The third-order valence-corrected chi connectivity index (χ3v) is 3.66. The van der Waals surface area contributed by atoms with Crippen LogP contribution in [0.4, 0.5) is 4.39 Å². The molecule has 0 aliphatic heterocycles. The van der Waals surface area contributed by atoms with E-state index in [4.69, 9.17) is 22.1 Å². The van der Waals surface area contributed by atoms with Gasteiger partial charge in [-0.2, -0.15) is 0 Å². The summed E-state index contributed by atoms with van der Waals surface area (Å²) in [6, 6.07) is 9.98. The molecule has 0 heterocycles. The summed E-state index contributed by atoms with van der Waals surface area (Å²) in [7, 11) is 0. The Morgan fingerprint density at radius 2 is 2.05 bits per heavy atom. The van der Waals surface area contributed by atoms with E-state index in [9.17, 15) is 4.39 Å². The van der Waals surface area contributed by atoms with Crippen molar-refractivity contribution < 1.29 is 9.13 Å². The van der Waals surface area contributed by atoms with Gasteiger partial charge in [-0.25, -0.2) is 4.39 Å². The molecule has 106 valence electrons. The molecular weight excluding hydrogens is 345 g/mol. The SMILES string of the molecule is CC(N)c1ccc(OCc2cc(Br)ccc2F)c(Cl)c1. The van der Waals surface area contributed by atoms with Crippen LogP contribution in [0.5, 0.6) is 5.75 Å². The Morgan fingerprint density at radius 1 is 1.30 bits per heavy atom. The molecule has 0 aliphatic rings. The molecular formula is C15H14BrClFNO. The summed E-state index contributed by atoms with van der Waals surface area (Å²) in [5, 5.41) is 0.468. The first-order chi connectivity index (χ1) is 9.47. The maximum Gasteiger partial charge on any atom is 0.138 e. The van der Waals surface area contributed by atoms with E-state index in [2.05, 4.69) is 15.9 Å². The van der Waals surface area contributed by atoms with Gasteiger partial charge in [0.2, 0.25) is 0 Å². The number of halogens is 3. The Morgan fingerprint density at radius 3 is 2.70 bits per heavy atom. The van der Waals surface area contributed by atoms with Crippen molar-refractivity contribution in [3.8, 4) is 5.75 Å². The van der Waals surface area contributed by atoms with Crippen molar-refractivity contribution in [2.24, 2.45) is 5.73 Å². The van der Waals surface area contributed by atoms with Crippen LogP contribution in [0.2, 0.25) is 5.02 Å². The van der Waals surface area contributed by atoms with E-state index in [0.29, 0.717) is 16.3 Å². The number of benzene rings is 2. The van der Waals surface area contributed by atoms with Gasteiger partial charge in [0.25, 0.3) is 0 Å². The van der Waals surface area contributed by atoms with Crippen LogP contribution in [0.25, 0.3) is 0 Å². The van der Waals surface area contributed by atoms with E-state index in [1.165, 1.54) is 6.07 Å². The number of hydrogen-bond donors (Lipinski definition) is 1. The molecule has 2 rings (SSSR count). The lowest BCUT2D eigenvalue weighted by atomic mass is 10.1. The number of ether oxygens (including phenoxy) is 1. The smallest absolute Gasteiger partial charge is 0.138 e. The minimum atomic E-state index is -0.309. The highest BCUT2D eigenvalue weighted by molar-refractivity contribution is 9.10. The third-order valence-electron chi connectivity index (χ3n) is 2.87. The molecule has 2 aromatic carbocycles. The van der Waals surface area contributed by atoms with Crippen LogP contribution in [0, 0.1) is 5.82 Å². The second-order valence-electron chi connectivity index (χ2n) is 4.50. The lowest BCUT2D eigenvalue weighted by molar-refractivity contribution is 0.300. The van der Waals surface area contributed by atoms with Gasteiger partial charge in [0, 0.05) is 16.1 Å². The van der Waals surface area contributed by atoms with E-state index >= 15 is 0 Å². The van der Waals surface area contributed by atoms with Crippen molar-refractivity contribution in [3.63, 3.8) is 0 Å². The third kappa shape index (κ3) is 3.72. The van der Waals surface area contributed by atoms with Crippen LogP contribution in [0.15, 0.2) is 40.9 Å². The van der Waals surface area contributed by atoms with Crippen molar-refractivity contribution in [1.82, 2.24) is 0 Å². The molecule has 0 aliphatic carbocycles. The van der Waals surface area contributed by atoms with Gasteiger partial charge in [0.1, 0.15) is 18.2 Å². The molecule has 0 saturated carbocycles. The maximum atomic E-state index is 13.6. The highest BCUT2D eigenvalue weighted by Gasteiger charge is 2.08. The van der Waals surface area contributed by atoms with Gasteiger partial charge >= 0.3 is 0 Å². The van der Waals surface area contributed by atoms with E-state index in [1.807, 2.05) is 13.0 Å². The summed E-state index contributed by atoms with van der Waals surface area (Å²) >= 11 is 9.43. The summed E-state index contributed by atoms with van der Waals surface area (Å²) in [5.41, 5.74) is 7.17. The fraction of sp³-hybridized carbons (Fsp3) is 0.200. The zero-order chi connectivity index (χ0) is 14.7. The van der Waals surface area contributed by atoms with Gasteiger partial charge in [-0.3, -0.25) is 0 Å². The molecule has 0 radical (unpaired) electrons. The average Bonchev–Trinajstić information content (AvgIpc) is 2.40. The number of nitrogens with two attached hydrogens (primary N) is 1. The first kappa shape index (κ1) is 15.3. The van der Waals surface area contributed by atoms with E-state index < -0.39 is 0 Å². The minimum absolute atomic E-state index is 0.0935. The molecule has 1 atom stereocenters. The molecule has 0 amide bonds. The maximum absolute atomic E-state index is 13.6. The van der Waals surface area contributed by atoms with Gasteiger partial charge in [-0.15, -0.1) is 0 Å². The molecule has 0 aromatic heterocycles. The molecule has 0 bridgehead atoms. The van der Waals surface area contributed by atoms with Gasteiger partial charge < -0.3 is 10.5 Å². The summed E-state index contributed by atoms with van der Waals surface area (Å²) in [6.07, 6.45) is 0. The predicted molar refractivity (Wildman–Crippen MR) is 82.5 cm³/mol. The van der Waals surface area contributed by atoms with Crippen LogP contribution < -0.4 is 10.5 Å². The zero-order valence-corrected chi connectivity index (χ0v) is 13.2. The van der Waals surface area contributed by atoms with E-state index in [-0.39, 0.29) is 18.5 Å². The Labute approximate surface area is 130 Å². The lowest BCUT2D eigenvalue weighted by Gasteiger charge is -2.12. The predicted octanol–water partition coefficient (Wildman–Crippen LogP) is 4.84. The topological polar surface area (TPSA) is 35.2 Å². The monoisotopic (exact) mass is 357 g/mol. The number of hydrogen-bond acceptors (Lipinski definition) is 2. The quantitative estimate of drug-likeness (QED) is 0.848. The highest BCUT2D eigenvalue weighted by Crippen LogP contribution is 2.28. The second kappa shape index (κ2) is 6.57. The number of rotatable bonds is 4. The lowest BCUT2D eigenvalue weighted by Crippen LogP contribution is -2.05. The fourth-order valence-electron chi connectivity index (χ4n) is 1.73. The highest BCUT2D eigenvalue weighted by atomic mass is 79.9. The van der Waals surface area contributed by atoms with Crippen LogP contribution in [0.3, 0.4) is 0 Å². The summed E-state index contributed by atoms with van der Waals surface area (Å²) in [5.74, 6) is 0.201. The van der Waals surface area contributed by atoms with Gasteiger partial charge in [0.15, 0.2) is 0 Å². The van der Waals surface area contributed by atoms with Crippen LogP contribution >= 0.6 is 27.5 Å². The van der Waals surface area contributed by atoms with Gasteiger partial charge in [-0.1, -0.05) is 33.6 Å². The Balaban J connectivity index is 2.13. The normalized spacial score (nSPS) is 12.2. The molecule has 2 aromatic rings. The minimum Gasteiger partial charge on any atom is -0.487 e. The van der Waals surface area contributed by atoms with Crippen molar-refractivity contribution in [3.05, 3.63) is 62.8 Å². The molecule has 0 saturated heterocycles. The molecule has 0 fully saturated rings. The van der Waals surface area contributed by atoms with Crippen LogP contribution in [0.1, 0.15) is 24.1 Å². The van der Waals surface area contributed by atoms with Crippen molar-refractivity contribution in [2.75, 3.05) is 0 Å². The van der Waals surface area contributed by atoms with Gasteiger partial charge in [-0.05, 0) is 42.8 Å².